The van der Waals surface area contributed by atoms with Gasteiger partial charge in [0.25, 0.3) is 0 Å². The summed E-state index contributed by atoms with van der Waals surface area (Å²) < 4.78 is 0. The standard InChI is InChI=1S/C17H25NO/c1-5-17(11-6-12-18-17)15(19)13-7-9-14(10-8-13)16(2,3)4/h7-10,18H,5-6,11-12H2,1-4H3. The number of nitrogens with one attached hydrogen (secondary N) is 1. The Morgan fingerprint density at radius 2 is 1.89 bits per heavy atom. The van der Waals surface area contributed by atoms with Gasteiger partial charge >= 0.3 is 0 Å². The van der Waals surface area contributed by atoms with Crippen molar-refractivity contribution in [2.45, 2.75) is 57.9 Å². The Balaban J connectivity index is 2.25. The minimum absolute atomic E-state index is 0.135. The van der Waals surface area contributed by atoms with E-state index in [0.29, 0.717) is 0 Å². The summed E-state index contributed by atoms with van der Waals surface area (Å²) in [5.41, 5.74) is 1.93. The highest BCUT2D eigenvalue weighted by atomic mass is 16.1. The van der Waals surface area contributed by atoms with Crippen LogP contribution in [0.5, 0.6) is 0 Å². The first-order valence-corrected chi connectivity index (χ1v) is 7.29. The number of hydrogen-bond acceptors (Lipinski definition) is 2. The van der Waals surface area contributed by atoms with Crippen LogP contribution in [0.2, 0.25) is 0 Å². The van der Waals surface area contributed by atoms with Gasteiger partial charge in [-0.15, -0.1) is 0 Å². The highest BCUT2D eigenvalue weighted by molar-refractivity contribution is 6.03. The third kappa shape index (κ3) is 2.74. The van der Waals surface area contributed by atoms with Gasteiger partial charge in [-0.05, 0) is 36.8 Å². The van der Waals surface area contributed by atoms with E-state index in [2.05, 4.69) is 45.1 Å². The third-order valence-electron chi connectivity index (χ3n) is 4.30. The second-order valence-electron chi connectivity index (χ2n) is 6.62. The smallest absolute Gasteiger partial charge is 0.182 e. The summed E-state index contributed by atoms with van der Waals surface area (Å²) in [6.07, 6.45) is 2.93. The number of carbonyl (C=O) groups excluding carboxylic acids is 1. The lowest BCUT2D eigenvalue weighted by atomic mass is 9.83. The van der Waals surface area contributed by atoms with Crippen LogP contribution in [0.25, 0.3) is 0 Å². The molecule has 1 atom stereocenters. The third-order valence-corrected chi connectivity index (χ3v) is 4.30. The minimum atomic E-state index is -0.316. The van der Waals surface area contributed by atoms with Gasteiger partial charge in [-0.3, -0.25) is 4.79 Å². The monoisotopic (exact) mass is 259 g/mol. The highest BCUT2D eigenvalue weighted by Gasteiger charge is 2.39. The van der Waals surface area contributed by atoms with E-state index >= 15 is 0 Å². The first-order valence-electron chi connectivity index (χ1n) is 7.29. The number of benzene rings is 1. The van der Waals surface area contributed by atoms with E-state index in [1.165, 1.54) is 5.56 Å². The van der Waals surface area contributed by atoms with E-state index in [9.17, 15) is 4.79 Å². The molecule has 1 aliphatic heterocycles. The van der Waals surface area contributed by atoms with Gasteiger partial charge in [-0.25, -0.2) is 0 Å². The molecule has 0 bridgehead atoms. The van der Waals surface area contributed by atoms with Crippen LogP contribution in [0, 0.1) is 0 Å². The molecule has 0 aromatic heterocycles. The molecule has 0 saturated carbocycles. The number of ketones is 1. The maximum Gasteiger partial charge on any atom is 0.182 e. The van der Waals surface area contributed by atoms with E-state index in [0.717, 1.165) is 31.4 Å². The molecular weight excluding hydrogens is 234 g/mol. The van der Waals surface area contributed by atoms with Gasteiger partial charge in [0, 0.05) is 5.56 Å². The number of carbonyl (C=O) groups is 1. The van der Waals surface area contributed by atoms with E-state index in [4.69, 9.17) is 0 Å². The zero-order valence-electron chi connectivity index (χ0n) is 12.5. The Morgan fingerprint density at radius 1 is 1.26 bits per heavy atom. The molecule has 1 unspecified atom stereocenters. The summed E-state index contributed by atoms with van der Waals surface area (Å²) in [6.45, 7) is 9.63. The summed E-state index contributed by atoms with van der Waals surface area (Å²) in [5, 5.41) is 3.41. The van der Waals surface area contributed by atoms with Crippen molar-refractivity contribution in [3.8, 4) is 0 Å². The van der Waals surface area contributed by atoms with Crippen LogP contribution in [0.4, 0.5) is 0 Å². The van der Waals surface area contributed by atoms with E-state index in [1.54, 1.807) is 0 Å². The molecule has 1 N–H and O–H groups in total. The maximum absolute atomic E-state index is 12.7. The van der Waals surface area contributed by atoms with Crippen molar-refractivity contribution < 1.29 is 4.79 Å². The fraction of sp³-hybridized carbons (Fsp3) is 0.588. The number of hydrogen-bond donors (Lipinski definition) is 1. The van der Waals surface area contributed by atoms with Gasteiger partial charge < -0.3 is 5.32 Å². The first-order chi connectivity index (χ1) is 8.89. The second-order valence-corrected chi connectivity index (χ2v) is 6.62. The van der Waals surface area contributed by atoms with Gasteiger partial charge in [0.15, 0.2) is 5.78 Å². The van der Waals surface area contributed by atoms with Gasteiger partial charge in [-0.2, -0.15) is 0 Å². The molecule has 1 fully saturated rings. The molecule has 104 valence electrons. The summed E-state index contributed by atoms with van der Waals surface area (Å²) in [7, 11) is 0. The molecule has 1 aromatic carbocycles. The molecule has 2 nitrogen and oxygen atoms in total. The van der Waals surface area contributed by atoms with Crippen LogP contribution in [0.15, 0.2) is 24.3 Å². The lowest BCUT2D eigenvalue weighted by Gasteiger charge is -2.27. The SMILES string of the molecule is CCC1(C(=O)c2ccc(C(C)(C)C)cc2)CCCN1. The molecule has 1 aliphatic rings. The van der Waals surface area contributed by atoms with Crippen molar-refractivity contribution in [3.05, 3.63) is 35.4 Å². The molecule has 0 spiro atoms. The van der Waals surface area contributed by atoms with Crippen LogP contribution in [-0.4, -0.2) is 17.9 Å². The van der Waals surface area contributed by atoms with Crippen molar-refractivity contribution in [1.82, 2.24) is 5.32 Å². The molecule has 19 heavy (non-hydrogen) atoms. The van der Waals surface area contributed by atoms with Crippen LogP contribution >= 0.6 is 0 Å². The predicted molar refractivity (Wildman–Crippen MR) is 79.7 cm³/mol. The molecule has 1 aromatic rings. The minimum Gasteiger partial charge on any atom is -0.305 e. The van der Waals surface area contributed by atoms with Gasteiger partial charge in [0.1, 0.15) is 0 Å². The van der Waals surface area contributed by atoms with Gasteiger partial charge in [-0.1, -0.05) is 52.0 Å². The molecule has 0 amide bonds. The Labute approximate surface area is 116 Å². The van der Waals surface area contributed by atoms with Crippen LogP contribution in [0.1, 0.15) is 62.9 Å². The highest BCUT2D eigenvalue weighted by Crippen LogP contribution is 2.28. The Hall–Kier alpha value is -1.15. The van der Waals surface area contributed by atoms with Crippen molar-refractivity contribution in [2.75, 3.05) is 6.54 Å². The molecule has 0 aliphatic carbocycles. The molecule has 2 rings (SSSR count). The second kappa shape index (κ2) is 5.09. The van der Waals surface area contributed by atoms with Gasteiger partial charge in [0.2, 0.25) is 0 Å². The Kier molecular flexibility index (Phi) is 3.82. The average molecular weight is 259 g/mol. The van der Waals surface area contributed by atoms with E-state index < -0.39 is 0 Å². The summed E-state index contributed by atoms with van der Waals surface area (Å²) in [4.78, 5) is 12.7. The fourth-order valence-electron chi connectivity index (χ4n) is 2.86. The quantitative estimate of drug-likeness (QED) is 0.839. The first kappa shape index (κ1) is 14.3. The summed E-state index contributed by atoms with van der Waals surface area (Å²) >= 11 is 0. The summed E-state index contributed by atoms with van der Waals surface area (Å²) in [5.74, 6) is 0.257. The Bertz CT molecular complexity index is 447. The van der Waals surface area contributed by atoms with E-state index in [1.807, 2.05) is 12.1 Å². The molecular formula is C17H25NO. The molecule has 0 radical (unpaired) electrons. The number of rotatable bonds is 3. The maximum atomic E-state index is 12.7. The summed E-state index contributed by atoms with van der Waals surface area (Å²) in [6, 6.07) is 8.15. The molecule has 1 heterocycles. The largest absolute Gasteiger partial charge is 0.305 e. The topological polar surface area (TPSA) is 29.1 Å². The zero-order chi connectivity index (χ0) is 14.1. The number of Topliss-reactive ketones (excluding diaryl/α,β-unsaturated/α-hetero) is 1. The van der Waals surface area contributed by atoms with Crippen molar-refractivity contribution in [1.29, 1.82) is 0 Å². The Morgan fingerprint density at radius 3 is 2.32 bits per heavy atom. The van der Waals surface area contributed by atoms with Crippen molar-refractivity contribution >= 4 is 5.78 Å². The van der Waals surface area contributed by atoms with Gasteiger partial charge in [0.05, 0.1) is 5.54 Å². The lowest BCUT2D eigenvalue weighted by molar-refractivity contribution is 0.0864. The average Bonchev–Trinajstić information content (AvgIpc) is 2.87. The van der Waals surface area contributed by atoms with Crippen LogP contribution < -0.4 is 5.32 Å². The normalized spacial score (nSPS) is 23.6. The molecule has 1 saturated heterocycles. The molecule has 2 heteroatoms. The van der Waals surface area contributed by atoms with Crippen LogP contribution in [-0.2, 0) is 5.41 Å². The van der Waals surface area contributed by atoms with Crippen LogP contribution in [0.3, 0.4) is 0 Å². The van der Waals surface area contributed by atoms with E-state index in [-0.39, 0.29) is 16.7 Å². The fourth-order valence-corrected chi connectivity index (χ4v) is 2.86. The zero-order valence-corrected chi connectivity index (χ0v) is 12.5. The lowest BCUT2D eigenvalue weighted by Crippen LogP contribution is -2.47. The van der Waals surface area contributed by atoms with Crippen molar-refractivity contribution in [3.63, 3.8) is 0 Å². The predicted octanol–water partition coefficient (Wildman–Crippen LogP) is 3.70. The van der Waals surface area contributed by atoms with Crippen molar-refractivity contribution in [2.24, 2.45) is 0 Å².